The van der Waals surface area contributed by atoms with E-state index in [2.05, 4.69) is 5.32 Å². The van der Waals surface area contributed by atoms with Gasteiger partial charge in [0.05, 0.1) is 19.9 Å². The highest BCUT2D eigenvalue weighted by Gasteiger charge is 2.46. The number of fused-ring (bicyclic) bond motifs is 1. The fraction of sp³-hybridized carbons (Fsp3) is 0.240. The van der Waals surface area contributed by atoms with Crippen molar-refractivity contribution >= 4 is 17.5 Å². The van der Waals surface area contributed by atoms with E-state index in [1.807, 2.05) is 86.6 Å². The Morgan fingerprint density at radius 3 is 2.06 bits per heavy atom. The molecule has 0 aromatic heterocycles. The molecule has 3 aromatic carbocycles. The monoisotopic (exact) mass is 418 g/mol. The average Bonchev–Trinajstić information content (AvgIpc) is 2.78. The standard InChI is InChI=1S/C25H26N2O4/c1-16-14-21-22(15-23(16)30-5)26-24(28)31-25(21,18-8-12-20(29-4)13-9-18)17-6-10-19(11-7-17)27(2)3/h6-15H,1-5H3,(H,26,28). The summed E-state index contributed by atoms with van der Waals surface area (Å²) in [5, 5.41) is 2.83. The molecule has 0 spiro atoms. The maximum atomic E-state index is 12.8. The Balaban J connectivity index is 2.01. The smallest absolute Gasteiger partial charge is 0.413 e. The van der Waals surface area contributed by atoms with Crippen molar-refractivity contribution in [3.63, 3.8) is 0 Å². The van der Waals surface area contributed by atoms with Crippen LogP contribution in [0.2, 0.25) is 0 Å². The minimum atomic E-state index is -1.12. The van der Waals surface area contributed by atoms with Gasteiger partial charge in [-0.3, -0.25) is 5.32 Å². The molecule has 31 heavy (non-hydrogen) atoms. The third-order valence-electron chi connectivity index (χ3n) is 5.68. The van der Waals surface area contributed by atoms with Crippen LogP contribution in [0, 0.1) is 6.92 Å². The number of benzene rings is 3. The molecule has 6 nitrogen and oxygen atoms in total. The minimum Gasteiger partial charge on any atom is -0.497 e. The van der Waals surface area contributed by atoms with Gasteiger partial charge in [0.1, 0.15) is 11.5 Å². The van der Waals surface area contributed by atoms with Gasteiger partial charge in [-0.05, 0) is 42.8 Å². The van der Waals surface area contributed by atoms with E-state index in [0.717, 1.165) is 33.7 Å². The van der Waals surface area contributed by atoms with Crippen molar-refractivity contribution in [2.24, 2.45) is 0 Å². The molecule has 3 aromatic rings. The largest absolute Gasteiger partial charge is 0.497 e. The summed E-state index contributed by atoms with van der Waals surface area (Å²) in [6, 6.07) is 19.5. The number of rotatable bonds is 5. The van der Waals surface area contributed by atoms with Gasteiger partial charge < -0.3 is 19.1 Å². The zero-order chi connectivity index (χ0) is 22.2. The number of anilines is 2. The van der Waals surface area contributed by atoms with E-state index >= 15 is 0 Å². The third kappa shape index (κ3) is 3.44. The highest BCUT2D eigenvalue weighted by atomic mass is 16.6. The van der Waals surface area contributed by atoms with Crippen LogP contribution in [-0.2, 0) is 10.3 Å². The summed E-state index contributed by atoms with van der Waals surface area (Å²) < 4.78 is 16.9. The molecule has 1 atom stereocenters. The summed E-state index contributed by atoms with van der Waals surface area (Å²) in [6.45, 7) is 1.98. The van der Waals surface area contributed by atoms with Crippen molar-refractivity contribution in [3.05, 3.63) is 82.9 Å². The summed E-state index contributed by atoms with van der Waals surface area (Å²) in [5.74, 6) is 1.43. The van der Waals surface area contributed by atoms with Gasteiger partial charge >= 0.3 is 6.09 Å². The van der Waals surface area contributed by atoms with E-state index in [1.165, 1.54) is 0 Å². The van der Waals surface area contributed by atoms with Gasteiger partial charge in [0.15, 0.2) is 5.60 Å². The predicted molar refractivity (Wildman–Crippen MR) is 121 cm³/mol. The van der Waals surface area contributed by atoms with Gasteiger partial charge in [0, 0.05) is 42.5 Å². The Hall–Kier alpha value is -3.67. The number of ether oxygens (including phenoxy) is 3. The van der Waals surface area contributed by atoms with Gasteiger partial charge in [-0.2, -0.15) is 0 Å². The molecule has 0 saturated carbocycles. The van der Waals surface area contributed by atoms with Gasteiger partial charge in [-0.15, -0.1) is 0 Å². The van der Waals surface area contributed by atoms with Crippen LogP contribution in [0.25, 0.3) is 0 Å². The fourth-order valence-corrected chi connectivity index (χ4v) is 4.05. The number of hydrogen-bond donors (Lipinski definition) is 1. The Bertz CT molecular complexity index is 1110. The summed E-state index contributed by atoms with van der Waals surface area (Å²) in [5.41, 5.74) is 4.06. The molecular formula is C25H26N2O4. The second-order valence-corrected chi connectivity index (χ2v) is 7.73. The van der Waals surface area contributed by atoms with Crippen LogP contribution in [-0.4, -0.2) is 34.4 Å². The highest BCUT2D eigenvalue weighted by molar-refractivity contribution is 5.91. The molecule has 1 amide bonds. The van der Waals surface area contributed by atoms with E-state index in [-0.39, 0.29) is 0 Å². The molecule has 1 unspecified atom stereocenters. The summed E-state index contributed by atoms with van der Waals surface area (Å²) in [4.78, 5) is 14.8. The zero-order valence-electron chi connectivity index (χ0n) is 18.4. The molecule has 0 radical (unpaired) electrons. The van der Waals surface area contributed by atoms with Crippen LogP contribution < -0.4 is 19.7 Å². The van der Waals surface area contributed by atoms with Crippen LogP contribution in [0.1, 0.15) is 22.3 Å². The van der Waals surface area contributed by atoms with Crippen molar-refractivity contribution in [1.82, 2.24) is 0 Å². The average molecular weight is 418 g/mol. The fourth-order valence-electron chi connectivity index (χ4n) is 4.05. The van der Waals surface area contributed by atoms with Gasteiger partial charge in [-0.25, -0.2) is 4.79 Å². The van der Waals surface area contributed by atoms with Crippen LogP contribution in [0.5, 0.6) is 11.5 Å². The van der Waals surface area contributed by atoms with Crippen LogP contribution in [0.3, 0.4) is 0 Å². The summed E-state index contributed by atoms with van der Waals surface area (Å²) >= 11 is 0. The first-order valence-corrected chi connectivity index (χ1v) is 10.0. The Kier molecular flexibility index (Phi) is 5.23. The molecule has 0 bridgehead atoms. The van der Waals surface area contributed by atoms with E-state index in [0.29, 0.717) is 11.4 Å². The first-order valence-electron chi connectivity index (χ1n) is 10.0. The molecule has 0 fully saturated rings. The van der Waals surface area contributed by atoms with Crippen molar-refractivity contribution in [2.45, 2.75) is 12.5 Å². The highest BCUT2D eigenvalue weighted by Crippen LogP contribution is 2.48. The zero-order valence-corrected chi connectivity index (χ0v) is 18.4. The molecule has 4 rings (SSSR count). The Labute approximate surface area is 182 Å². The second kappa shape index (κ2) is 7.87. The molecule has 0 aliphatic carbocycles. The maximum Gasteiger partial charge on any atom is 0.413 e. The summed E-state index contributed by atoms with van der Waals surface area (Å²) in [7, 11) is 7.22. The second-order valence-electron chi connectivity index (χ2n) is 7.73. The topological polar surface area (TPSA) is 60.0 Å². The third-order valence-corrected chi connectivity index (χ3v) is 5.68. The lowest BCUT2D eigenvalue weighted by Gasteiger charge is -2.40. The number of carbonyl (C=O) groups excluding carboxylic acids is 1. The van der Waals surface area contributed by atoms with Crippen molar-refractivity contribution in [2.75, 3.05) is 38.5 Å². The molecule has 1 heterocycles. The first kappa shape index (κ1) is 20.6. The Morgan fingerprint density at radius 1 is 0.903 bits per heavy atom. The number of hydrogen-bond acceptors (Lipinski definition) is 5. The lowest BCUT2D eigenvalue weighted by atomic mass is 9.78. The van der Waals surface area contributed by atoms with Gasteiger partial charge in [0.25, 0.3) is 0 Å². The SMILES string of the molecule is COc1ccc(C2(c3ccc(N(C)C)cc3)OC(=O)Nc3cc(OC)c(C)cc32)cc1. The Morgan fingerprint density at radius 2 is 1.52 bits per heavy atom. The van der Waals surface area contributed by atoms with Crippen LogP contribution >= 0.6 is 0 Å². The number of amides is 1. The number of nitrogens with zero attached hydrogens (tertiary/aromatic N) is 1. The van der Waals surface area contributed by atoms with Gasteiger partial charge in [0.2, 0.25) is 0 Å². The number of methoxy groups -OCH3 is 2. The normalized spacial score (nSPS) is 17.3. The van der Waals surface area contributed by atoms with E-state index in [9.17, 15) is 4.79 Å². The summed E-state index contributed by atoms with van der Waals surface area (Å²) in [6.07, 6.45) is -0.522. The number of aryl methyl sites for hydroxylation is 1. The first-order chi connectivity index (χ1) is 14.9. The molecule has 0 saturated heterocycles. The predicted octanol–water partition coefficient (Wildman–Crippen LogP) is 4.93. The lowest BCUT2D eigenvalue weighted by molar-refractivity contribution is 0.0738. The maximum absolute atomic E-state index is 12.8. The van der Waals surface area contributed by atoms with Gasteiger partial charge in [-0.1, -0.05) is 24.3 Å². The van der Waals surface area contributed by atoms with Crippen LogP contribution in [0.4, 0.5) is 16.2 Å². The number of cyclic esters (lactones) is 1. The number of nitrogens with one attached hydrogen (secondary N) is 1. The van der Waals surface area contributed by atoms with Crippen molar-refractivity contribution in [3.8, 4) is 11.5 Å². The minimum absolute atomic E-state index is 0.522. The molecule has 1 aliphatic heterocycles. The van der Waals surface area contributed by atoms with E-state index in [4.69, 9.17) is 14.2 Å². The van der Waals surface area contributed by atoms with E-state index < -0.39 is 11.7 Å². The molecule has 1 aliphatic rings. The lowest BCUT2D eigenvalue weighted by Crippen LogP contribution is -2.41. The van der Waals surface area contributed by atoms with Crippen LogP contribution in [0.15, 0.2) is 60.7 Å². The molecular weight excluding hydrogens is 392 g/mol. The van der Waals surface area contributed by atoms with E-state index in [1.54, 1.807) is 14.2 Å². The molecule has 160 valence electrons. The molecule has 1 N–H and O–H groups in total. The van der Waals surface area contributed by atoms with Crippen molar-refractivity contribution < 1.29 is 19.0 Å². The number of carbonyl (C=O) groups is 1. The quantitative estimate of drug-likeness (QED) is 0.637. The molecule has 6 heteroatoms. The van der Waals surface area contributed by atoms with Crippen molar-refractivity contribution in [1.29, 1.82) is 0 Å².